The number of methoxy groups -OCH3 is 1. The molecule has 21 heavy (non-hydrogen) atoms. The van der Waals surface area contributed by atoms with E-state index in [1.807, 2.05) is 0 Å². The number of nitro groups is 1. The molecule has 1 saturated carbocycles. The molecule has 0 bridgehead atoms. The van der Waals surface area contributed by atoms with Crippen molar-refractivity contribution in [1.29, 1.82) is 0 Å². The number of ether oxygens (including phenoxy) is 1. The Labute approximate surface area is 122 Å². The molecule has 0 unspecified atom stereocenters. The number of aryl methyl sites for hydroxylation is 1. The lowest BCUT2D eigenvalue weighted by atomic mass is 10.2. The molecule has 0 aliphatic heterocycles. The maximum Gasteiger partial charge on any atom is 0.319 e. The van der Waals surface area contributed by atoms with Crippen LogP contribution in [0.2, 0.25) is 0 Å². The molecule has 0 saturated heterocycles. The minimum atomic E-state index is -0.460. The van der Waals surface area contributed by atoms with E-state index in [-0.39, 0.29) is 23.9 Å². The third-order valence-electron chi connectivity index (χ3n) is 3.74. The fourth-order valence-electron chi connectivity index (χ4n) is 2.60. The van der Waals surface area contributed by atoms with Gasteiger partial charge in [-0.2, -0.15) is 0 Å². The number of hydrogen-bond donors (Lipinski definition) is 2. The summed E-state index contributed by atoms with van der Waals surface area (Å²) in [5.74, 6) is 0. The molecule has 1 aromatic carbocycles. The van der Waals surface area contributed by atoms with E-state index in [4.69, 9.17) is 4.74 Å². The highest BCUT2D eigenvalue weighted by Gasteiger charge is 2.28. The maximum absolute atomic E-state index is 12.0. The second-order valence-corrected chi connectivity index (χ2v) is 5.17. The lowest BCUT2D eigenvalue weighted by Crippen LogP contribution is -2.42. The fourth-order valence-corrected chi connectivity index (χ4v) is 2.60. The molecule has 7 heteroatoms. The molecule has 0 aromatic heterocycles. The zero-order valence-corrected chi connectivity index (χ0v) is 12.1. The van der Waals surface area contributed by atoms with Gasteiger partial charge in [0.15, 0.2) is 0 Å². The maximum atomic E-state index is 12.0. The van der Waals surface area contributed by atoms with Gasteiger partial charge in [-0.1, -0.05) is 0 Å². The number of urea groups is 1. The Balaban J connectivity index is 1.98. The van der Waals surface area contributed by atoms with Crippen LogP contribution >= 0.6 is 0 Å². The van der Waals surface area contributed by atoms with Gasteiger partial charge in [0.05, 0.1) is 17.1 Å². The van der Waals surface area contributed by atoms with Crippen molar-refractivity contribution in [2.45, 2.75) is 38.3 Å². The lowest BCUT2D eigenvalue weighted by molar-refractivity contribution is -0.384. The number of hydrogen-bond acceptors (Lipinski definition) is 4. The van der Waals surface area contributed by atoms with E-state index in [9.17, 15) is 14.9 Å². The van der Waals surface area contributed by atoms with Gasteiger partial charge in [-0.25, -0.2) is 4.79 Å². The van der Waals surface area contributed by atoms with Crippen LogP contribution < -0.4 is 10.6 Å². The number of nitrogens with one attached hydrogen (secondary N) is 2. The molecule has 1 fully saturated rings. The second kappa shape index (κ2) is 6.53. The topological polar surface area (TPSA) is 93.5 Å². The van der Waals surface area contributed by atoms with Crippen LogP contribution in [0.5, 0.6) is 0 Å². The number of benzene rings is 1. The van der Waals surface area contributed by atoms with Gasteiger partial charge < -0.3 is 15.4 Å². The summed E-state index contributed by atoms with van der Waals surface area (Å²) in [6, 6.07) is 4.03. The Kier molecular flexibility index (Phi) is 4.74. The number of non-ortho nitro benzene ring substituents is 1. The van der Waals surface area contributed by atoms with Crippen molar-refractivity contribution in [2.75, 3.05) is 12.4 Å². The second-order valence-electron chi connectivity index (χ2n) is 5.17. The van der Waals surface area contributed by atoms with E-state index < -0.39 is 4.92 Å². The van der Waals surface area contributed by atoms with Gasteiger partial charge >= 0.3 is 6.03 Å². The Hall–Kier alpha value is -2.15. The predicted molar refractivity (Wildman–Crippen MR) is 78.4 cm³/mol. The summed E-state index contributed by atoms with van der Waals surface area (Å²) in [5.41, 5.74) is 1.22. The number of rotatable bonds is 4. The van der Waals surface area contributed by atoms with Gasteiger partial charge in [0, 0.05) is 24.9 Å². The summed E-state index contributed by atoms with van der Waals surface area (Å²) in [6.07, 6.45) is 2.91. The van der Waals surface area contributed by atoms with E-state index in [1.54, 1.807) is 14.0 Å². The highest BCUT2D eigenvalue weighted by atomic mass is 16.6. The summed E-state index contributed by atoms with van der Waals surface area (Å²) in [4.78, 5) is 22.2. The minimum absolute atomic E-state index is 0.00774. The zero-order valence-electron chi connectivity index (χ0n) is 12.1. The molecule has 2 atom stereocenters. The molecule has 2 rings (SSSR count). The van der Waals surface area contributed by atoms with E-state index in [2.05, 4.69) is 10.6 Å². The molecule has 2 N–H and O–H groups in total. The quantitative estimate of drug-likeness (QED) is 0.659. The van der Waals surface area contributed by atoms with Crippen molar-refractivity contribution in [3.05, 3.63) is 33.9 Å². The van der Waals surface area contributed by atoms with Crippen molar-refractivity contribution in [1.82, 2.24) is 5.32 Å². The molecule has 1 aromatic rings. The number of carbonyl (C=O) groups is 1. The number of anilines is 1. The first-order chi connectivity index (χ1) is 10.0. The van der Waals surface area contributed by atoms with Crippen LogP contribution in [0.4, 0.5) is 16.2 Å². The van der Waals surface area contributed by atoms with Gasteiger partial charge in [0.1, 0.15) is 0 Å². The molecule has 1 aliphatic carbocycles. The average Bonchev–Trinajstić information content (AvgIpc) is 2.87. The Morgan fingerprint density at radius 1 is 1.43 bits per heavy atom. The SMILES string of the molecule is CO[C@@H]1CCC[C@@H]1NC(=O)Nc1ccc([N+](=O)[O-])cc1C. The monoisotopic (exact) mass is 293 g/mol. The van der Waals surface area contributed by atoms with Crippen LogP contribution in [0.3, 0.4) is 0 Å². The van der Waals surface area contributed by atoms with Crippen LogP contribution in [0, 0.1) is 17.0 Å². The predicted octanol–water partition coefficient (Wildman–Crippen LogP) is 2.59. The normalized spacial score (nSPS) is 21.0. The minimum Gasteiger partial charge on any atom is -0.379 e. The standard InChI is InChI=1S/C14H19N3O4/c1-9-8-10(17(19)20)6-7-11(9)15-14(18)16-12-4-3-5-13(12)21-2/h6-8,12-13H,3-5H2,1-2H3,(H2,15,16,18)/t12-,13+/m0/s1. The molecule has 0 radical (unpaired) electrons. The zero-order chi connectivity index (χ0) is 15.4. The van der Waals surface area contributed by atoms with Crippen molar-refractivity contribution >= 4 is 17.4 Å². The Bertz CT molecular complexity index is 547. The molecular formula is C14H19N3O4. The summed E-state index contributed by atoms with van der Waals surface area (Å²) >= 11 is 0. The van der Waals surface area contributed by atoms with Crippen molar-refractivity contribution < 1.29 is 14.5 Å². The van der Waals surface area contributed by atoms with Crippen LogP contribution in [-0.2, 0) is 4.74 Å². The lowest BCUT2D eigenvalue weighted by Gasteiger charge is -2.20. The molecule has 1 aliphatic rings. The van der Waals surface area contributed by atoms with E-state index in [0.717, 1.165) is 19.3 Å². The van der Waals surface area contributed by atoms with E-state index in [0.29, 0.717) is 11.3 Å². The number of nitro benzene ring substituents is 1. The van der Waals surface area contributed by atoms with Crippen LogP contribution in [-0.4, -0.2) is 30.2 Å². The number of amides is 2. The smallest absolute Gasteiger partial charge is 0.319 e. The molecule has 7 nitrogen and oxygen atoms in total. The molecule has 2 amide bonds. The highest BCUT2D eigenvalue weighted by molar-refractivity contribution is 5.90. The van der Waals surface area contributed by atoms with Crippen molar-refractivity contribution in [3.8, 4) is 0 Å². The third kappa shape index (κ3) is 3.69. The summed E-state index contributed by atoms with van der Waals surface area (Å²) in [5, 5.41) is 16.3. The van der Waals surface area contributed by atoms with Crippen LogP contribution in [0.15, 0.2) is 18.2 Å². The largest absolute Gasteiger partial charge is 0.379 e. The van der Waals surface area contributed by atoms with Crippen LogP contribution in [0.1, 0.15) is 24.8 Å². The summed E-state index contributed by atoms with van der Waals surface area (Å²) in [6.45, 7) is 1.72. The Morgan fingerprint density at radius 2 is 2.19 bits per heavy atom. The van der Waals surface area contributed by atoms with Crippen molar-refractivity contribution in [2.24, 2.45) is 0 Å². The van der Waals surface area contributed by atoms with Gasteiger partial charge in [-0.15, -0.1) is 0 Å². The van der Waals surface area contributed by atoms with Gasteiger partial charge in [-0.3, -0.25) is 10.1 Å². The molecule has 0 heterocycles. The van der Waals surface area contributed by atoms with Gasteiger partial charge in [-0.05, 0) is 37.8 Å². The number of carbonyl (C=O) groups excluding carboxylic acids is 1. The highest BCUT2D eigenvalue weighted by Crippen LogP contribution is 2.23. The number of nitrogens with zero attached hydrogens (tertiary/aromatic N) is 1. The molecular weight excluding hydrogens is 274 g/mol. The van der Waals surface area contributed by atoms with Crippen molar-refractivity contribution in [3.63, 3.8) is 0 Å². The Morgan fingerprint density at radius 3 is 2.81 bits per heavy atom. The summed E-state index contributed by atoms with van der Waals surface area (Å²) in [7, 11) is 1.64. The first kappa shape index (κ1) is 15.2. The summed E-state index contributed by atoms with van der Waals surface area (Å²) < 4.78 is 5.32. The van der Waals surface area contributed by atoms with Gasteiger partial charge in [0.25, 0.3) is 5.69 Å². The first-order valence-corrected chi connectivity index (χ1v) is 6.86. The average molecular weight is 293 g/mol. The van der Waals surface area contributed by atoms with Gasteiger partial charge in [0.2, 0.25) is 0 Å². The fraction of sp³-hybridized carbons (Fsp3) is 0.500. The van der Waals surface area contributed by atoms with Crippen LogP contribution in [0.25, 0.3) is 0 Å². The molecule has 0 spiro atoms. The molecule has 114 valence electrons. The first-order valence-electron chi connectivity index (χ1n) is 6.86. The third-order valence-corrected chi connectivity index (χ3v) is 3.74. The van der Waals surface area contributed by atoms with E-state index in [1.165, 1.54) is 18.2 Å². The van der Waals surface area contributed by atoms with E-state index >= 15 is 0 Å².